The average molecular weight is 444 g/mol. The van der Waals surface area contributed by atoms with Crippen LogP contribution in [0.15, 0.2) is 30.6 Å². The van der Waals surface area contributed by atoms with E-state index >= 15 is 0 Å². The number of hydrogen-bond acceptors (Lipinski definition) is 7. The summed E-state index contributed by atoms with van der Waals surface area (Å²) in [5.41, 5.74) is 0.781. The van der Waals surface area contributed by atoms with Crippen molar-refractivity contribution in [3.63, 3.8) is 0 Å². The highest BCUT2D eigenvalue weighted by Crippen LogP contribution is 2.40. The number of aromatic nitrogens is 5. The molecule has 2 unspecified atom stereocenters. The molecule has 2 bridgehead atoms. The van der Waals surface area contributed by atoms with Gasteiger partial charge in [0.25, 0.3) is 0 Å². The molecule has 3 heterocycles. The maximum Gasteiger partial charge on any atom is 0.321 e. The van der Waals surface area contributed by atoms with Gasteiger partial charge in [-0.1, -0.05) is 11.6 Å². The minimum absolute atomic E-state index is 0.278. The first-order valence-corrected chi connectivity index (χ1v) is 10.7. The molecule has 162 valence electrons. The van der Waals surface area contributed by atoms with Gasteiger partial charge in [-0.05, 0) is 49.3 Å². The first kappa shape index (κ1) is 20.0. The van der Waals surface area contributed by atoms with E-state index in [0.717, 1.165) is 37.3 Å². The lowest BCUT2D eigenvalue weighted by molar-refractivity contribution is 0.374. The lowest BCUT2D eigenvalue weighted by Crippen LogP contribution is -2.48. The minimum atomic E-state index is -0.344. The number of anilines is 2. The van der Waals surface area contributed by atoms with Crippen LogP contribution in [-0.2, 0) is 7.05 Å². The highest BCUT2D eigenvalue weighted by atomic mass is 35.5. The van der Waals surface area contributed by atoms with Crippen molar-refractivity contribution in [1.82, 2.24) is 24.7 Å². The monoisotopic (exact) mass is 443 g/mol. The fraction of sp³-hybridized carbons (Fsp3) is 0.429. The van der Waals surface area contributed by atoms with Gasteiger partial charge in [0.05, 0.1) is 0 Å². The standard InChI is InChI=1S/C21H23ClFN7O/c1-12-5-15(23)7-16(6-12)31-21-27-20(28-29(21)2)26-19-13-3-4-14(19)10-30(9-13)18-8-17(22)24-11-25-18/h5-8,11,13-14,19H,3-4,9-10H2,1-2H3,(H,26,28). The van der Waals surface area contributed by atoms with E-state index in [0.29, 0.717) is 34.7 Å². The summed E-state index contributed by atoms with van der Waals surface area (Å²) in [6.45, 7) is 3.59. The van der Waals surface area contributed by atoms with Gasteiger partial charge in [-0.25, -0.2) is 19.0 Å². The molecule has 2 fully saturated rings. The van der Waals surface area contributed by atoms with Gasteiger partial charge in [-0.15, -0.1) is 5.10 Å². The lowest BCUT2D eigenvalue weighted by atomic mass is 9.92. The van der Waals surface area contributed by atoms with Gasteiger partial charge in [0.2, 0.25) is 5.95 Å². The molecule has 31 heavy (non-hydrogen) atoms. The molecule has 2 aliphatic rings. The van der Waals surface area contributed by atoms with E-state index < -0.39 is 0 Å². The van der Waals surface area contributed by atoms with Crippen molar-refractivity contribution in [2.24, 2.45) is 18.9 Å². The lowest BCUT2D eigenvalue weighted by Gasteiger charge is -2.38. The predicted molar refractivity (Wildman–Crippen MR) is 115 cm³/mol. The summed E-state index contributed by atoms with van der Waals surface area (Å²) in [4.78, 5) is 15.1. The second-order valence-corrected chi connectivity index (χ2v) is 8.67. The normalized spacial score (nSPS) is 22.6. The molecule has 1 aromatic carbocycles. The fourth-order valence-corrected chi connectivity index (χ4v) is 4.82. The van der Waals surface area contributed by atoms with Gasteiger partial charge in [-0.2, -0.15) is 4.98 Å². The summed E-state index contributed by atoms with van der Waals surface area (Å²) in [6.07, 6.45) is 3.77. The topological polar surface area (TPSA) is 81.0 Å². The number of fused-ring (bicyclic) bond motifs is 2. The molecule has 8 nitrogen and oxygen atoms in total. The number of piperidine rings is 1. The second-order valence-electron chi connectivity index (χ2n) is 8.28. The van der Waals surface area contributed by atoms with Crippen LogP contribution < -0.4 is 15.0 Å². The van der Waals surface area contributed by atoms with Gasteiger partial charge in [0.1, 0.15) is 28.9 Å². The van der Waals surface area contributed by atoms with E-state index in [4.69, 9.17) is 16.3 Å². The molecule has 0 spiro atoms. The maximum atomic E-state index is 13.7. The number of benzene rings is 1. The molecule has 1 saturated carbocycles. The van der Waals surface area contributed by atoms with Gasteiger partial charge in [0.15, 0.2) is 0 Å². The van der Waals surface area contributed by atoms with E-state index in [1.165, 1.54) is 18.5 Å². The Kier molecular flexibility index (Phi) is 5.13. The Labute approximate surface area is 184 Å². The third-order valence-corrected chi connectivity index (χ3v) is 6.23. The summed E-state index contributed by atoms with van der Waals surface area (Å²) < 4.78 is 21.0. The summed E-state index contributed by atoms with van der Waals surface area (Å²) in [5, 5.41) is 8.42. The van der Waals surface area contributed by atoms with Crippen LogP contribution in [0.2, 0.25) is 5.15 Å². The van der Waals surface area contributed by atoms with Crippen molar-refractivity contribution in [3.05, 3.63) is 47.1 Å². The molecular formula is C21H23ClFN7O. The Morgan fingerprint density at radius 3 is 2.61 bits per heavy atom. The second kappa shape index (κ2) is 7.96. The maximum absolute atomic E-state index is 13.7. The molecule has 1 saturated heterocycles. The number of hydrogen-bond donors (Lipinski definition) is 1. The molecular weight excluding hydrogens is 421 g/mol. The molecule has 3 aromatic rings. The molecule has 0 radical (unpaired) electrons. The molecule has 2 atom stereocenters. The van der Waals surface area contributed by atoms with Gasteiger partial charge in [0, 0.05) is 38.3 Å². The zero-order valence-electron chi connectivity index (χ0n) is 17.3. The first-order valence-electron chi connectivity index (χ1n) is 10.3. The molecule has 5 rings (SSSR count). The van der Waals surface area contributed by atoms with Crippen molar-refractivity contribution < 1.29 is 9.13 Å². The molecule has 10 heteroatoms. The van der Waals surface area contributed by atoms with Crippen molar-refractivity contribution in [3.8, 4) is 11.8 Å². The number of halogens is 2. The van der Waals surface area contributed by atoms with Crippen LogP contribution in [-0.4, -0.2) is 43.9 Å². The van der Waals surface area contributed by atoms with Crippen LogP contribution >= 0.6 is 11.6 Å². The van der Waals surface area contributed by atoms with Crippen LogP contribution in [0.25, 0.3) is 0 Å². The SMILES string of the molecule is Cc1cc(F)cc(Oc2nc(NC3C4CCC3CN(c3cc(Cl)ncn3)C4)nn2C)c1. The number of aryl methyl sites for hydroxylation is 2. The van der Waals surface area contributed by atoms with E-state index in [2.05, 4.69) is 30.3 Å². The molecule has 1 N–H and O–H groups in total. The van der Waals surface area contributed by atoms with Gasteiger partial charge < -0.3 is 15.0 Å². The zero-order chi connectivity index (χ0) is 21.5. The largest absolute Gasteiger partial charge is 0.424 e. The Bertz CT molecular complexity index is 1070. The van der Waals surface area contributed by atoms with Crippen molar-refractivity contribution in [2.75, 3.05) is 23.3 Å². The third kappa shape index (κ3) is 4.14. The van der Waals surface area contributed by atoms with Crippen LogP contribution in [0.5, 0.6) is 11.8 Å². The van der Waals surface area contributed by atoms with Crippen molar-refractivity contribution in [1.29, 1.82) is 0 Å². The number of nitrogens with zero attached hydrogens (tertiary/aromatic N) is 6. The Balaban J connectivity index is 1.28. The van der Waals surface area contributed by atoms with Crippen LogP contribution in [0, 0.1) is 24.6 Å². The summed E-state index contributed by atoms with van der Waals surface area (Å²) in [6, 6.07) is 6.96. The Morgan fingerprint density at radius 1 is 1.13 bits per heavy atom. The van der Waals surface area contributed by atoms with E-state index in [9.17, 15) is 4.39 Å². The van der Waals surface area contributed by atoms with E-state index in [1.807, 2.05) is 13.0 Å². The van der Waals surface area contributed by atoms with Crippen molar-refractivity contribution in [2.45, 2.75) is 25.8 Å². The van der Waals surface area contributed by atoms with Crippen LogP contribution in [0.4, 0.5) is 16.2 Å². The molecule has 2 aromatic heterocycles. The van der Waals surface area contributed by atoms with Gasteiger partial charge >= 0.3 is 6.01 Å². The van der Waals surface area contributed by atoms with Crippen molar-refractivity contribution >= 4 is 23.4 Å². The average Bonchev–Trinajstić information content (AvgIpc) is 3.15. The van der Waals surface area contributed by atoms with Crippen LogP contribution in [0.1, 0.15) is 18.4 Å². The highest BCUT2D eigenvalue weighted by molar-refractivity contribution is 6.29. The minimum Gasteiger partial charge on any atom is -0.424 e. The number of nitrogens with one attached hydrogen (secondary N) is 1. The summed E-state index contributed by atoms with van der Waals surface area (Å²) >= 11 is 6.04. The van der Waals surface area contributed by atoms with Crippen LogP contribution in [0.3, 0.4) is 0 Å². The van der Waals surface area contributed by atoms with E-state index in [1.54, 1.807) is 17.8 Å². The molecule has 1 aliphatic carbocycles. The first-order chi connectivity index (χ1) is 14.9. The third-order valence-electron chi connectivity index (χ3n) is 6.02. The predicted octanol–water partition coefficient (Wildman–Crippen LogP) is 3.83. The molecule has 1 aliphatic heterocycles. The number of ether oxygens (including phenoxy) is 1. The summed E-state index contributed by atoms with van der Waals surface area (Å²) in [5.74, 6) is 2.34. The molecule has 0 amide bonds. The smallest absolute Gasteiger partial charge is 0.321 e. The summed E-state index contributed by atoms with van der Waals surface area (Å²) in [7, 11) is 1.76. The number of rotatable bonds is 5. The zero-order valence-corrected chi connectivity index (χ0v) is 18.1. The Hall–Kier alpha value is -2.94. The van der Waals surface area contributed by atoms with Gasteiger partial charge in [-0.3, -0.25) is 0 Å². The highest BCUT2D eigenvalue weighted by Gasteiger charge is 2.43. The van der Waals surface area contributed by atoms with E-state index in [-0.39, 0.29) is 11.9 Å². The fourth-order valence-electron chi connectivity index (χ4n) is 4.68. The Morgan fingerprint density at radius 2 is 1.90 bits per heavy atom. The quantitative estimate of drug-likeness (QED) is 0.600.